The van der Waals surface area contributed by atoms with Crippen LogP contribution in [0, 0.1) is 5.92 Å². The van der Waals surface area contributed by atoms with Gasteiger partial charge >= 0.3 is 12.1 Å². The largest absolute Gasteiger partial charge is 0.459 e. The molecule has 1 N–H and O–H groups in total. The molecule has 3 atom stereocenters. The Labute approximate surface area is 252 Å². The van der Waals surface area contributed by atoms with Crippen LogP contribution in [0.5, 0.6) is 0 Å². The number of hydrogen-bond acceptors (Lipinski definition) is 5. The van der Waals surface area contributed by atoms with E-state index in [0.717, 1.165) is 22.3 Å². The van der Waals surface area contributed by atoms with Gasteiger partial charge in [0.05, 0.1) is 12.0 Å². The van der Waals surface area contributed by atoms with Crippen LogP contribution >= 0.6 is 0 Å². The Hall–Kier alpha value is -4.91. The van der Waals surface area contributed by atoms with Gasteiger partial charge < -0.3 is 19.7 Å². The topological polar surface area (TPSA) is 84.9 Å². The van der Waals surface area contributed by atoms with E-state index in [1.807, 2.05) is 121 Å². The average Bonchev–Trinajstić information content (AvgIpc) is 3.05. The van der Waals surface area contributed by atoms with E-state index in [4.69, 9.17) is 9.47 Å². The standard InChI is InChI=1S/C36H36N2O5/c1-27-33(39)38(36(27,23-29-16-8-3-9-17-29)34(40)42-25-30-18-10-4-11-19-30)24-32(22-28-14-6-2-7-15-28)37-35(41)43-26-31-20-12-5-13-21-31/h2-21,27,32H,22-26H2,1H3,(H,37,41)/t27-,32+,36+/m1/s1. The fraction of sp³-hybridized carbons (Fsp3) is 0.250. The van der Waals surface area contributed by atoms with Gasteiger partial charge in [0.25, 0.3) is 0 Å². The highest BCUT2D eigenvalue weighted by molar-refractivity contribution is 6.01. The smallest absolute Gasteiger partial charge is 0.407 e. The van der Waals surface area contributed by atoms with E-state index in [1.54, 1.807) is 11.8 Å². The highest BCUT2D eigenvalue weighted by atomic mass is 16.5. The number of nitrogens with zero attached hydrogens (tertiary/aromatic N) is 1. The third kappa shape index (κ3) is 7.12. The number of hydrogen-bond donors (Lipinski definition) is 1. The molecule has 5 rings (SSSR count). The van der Waals surface area contributed by atoms with Gasteiger partial charge in [-0.15, -0.1) is 0 Å². The van der Waals surface area contributed by atoms with Gasteiger partial charge in [0, 0.05) is 13.0 Å². The quantitative estimate of drug-likeness (QED) is 0.172. The Kier molecular flexibility index (Phi) is 9.52. The number of nitrogens with one attached hydrogen (secondary N) is 1. The molecule has 1 fully saturated rings. The number of amides is 2. The Morgan fingerprint density at radius 3 is 1.72 bits per heavy atom. The average molecular weight is 577 g/mol. The van der Waals surface area contributed by atoms with Gasteiger partial charge in [-0.2, -0.15) is 0 Å². The molecule has 0 unspecified atom stereocenters. The van der Waals surface area contributed by atoms with Crippen molar-refractivity contribution in [1.29, 1.82) is 0 Å². The molecule has 1 saturated heterocycles. The molecular formula is C36H36N2O5. The fourth-order valence-corrected chi connectivity index (χ4v) is 5.63. The van der Waals surface area contributed by atoms with Gasteiger partial charge in [-0.25, -0.2) is 9.59 Å². The van der Waals surface area contributed by atoms with Crippen LogP contribution in [-0.2, 0) is 45.1 Å². The van der Waals surface area contributed by atoms with Crippen molar-refractivity contribution in [2.24, 2.45) is 5.92 Å². The van der Waals surface area contributed by atoms with Crippen LogP contribution in [0.4, 0.5) is 4.79 Å². The van der Waals surface area contributed by atoms with Crippen molar-refractivity contribution in [1.82, 2.24) is 10.2 Å². The summed E-state index contributed by atoms with van der Waals surface area (Å²) in [6.45, 7) is 2.11. The molecule has 7 heteroatoms. The Bertz CT molecular complexity index is 1500. The number of rotatable bonds is 12. The Morgan fingerprint density at radius 2 is 1.19 bits per heavy atom. The SMILES string of the molecule is C[C@@H]1C(=O)N(C[C@H](Cc2ccccc2)NC(=O)OCc2ccccc2)[C@]1(Cc1ccccc1)C(=O)OCc1ccccc1. The van der Waals surface area contributed by atoms with E-state index in [0.29, 0.717) is 12.8 Å². The molecule has 0 spiro atoms. The van der Waals surface area contributed by atoms with E-state index in [9.17, 15) is 14.4 Å². The maximum atomic E-state index is 14.0. The third-order valence-electron chi connectivity index (χ3n) is 7.98. The maximum absolute atomic E-state index is 14.0. The van der Waals surface area contributed by atoms with E-state index >= 15 is 0 Å². The predicted molar refractivity (Wildman–Crippen MR) is 164 cm³/mol. The van der Waals surface area contributed by atoms with Crippen molar-refractivity contribution in [3.63, 3.8) is 0 Å². The summed E-state index contributed by atoms with van der Waals surface area (Å²) in [6, 6.07) is 37.7. The molecule has 1 heterocycles. The number of β-lactam (4-membered cyclic amide) rings is 1. The van der Waals surface area contributed by atoms with Gasteiger partial charge in [-0.05, 0) is 28.7 Å². The second-order valence-electron chi connectivity index (χ2n) is 10.9. The summed E-state index contributed by atoms with van der Waals surface area (Å²) in [5, 5.41) is 2.96. The van der Waals surface area contributed by atoms with E-state index in [-0.39, 0.29) is 25.7 Å². The van der Waals surface area contributed by atoms with Crippen LogP contribution in [0.1, 0.15) is 29.2 Å². The summed E-state index contributed by atoms with van der Waals surface area (Å²) in [7, 11) is 0. The number of carbonyl (C=O) groups is 3. The molecular weight excluding hydrogens is 540 g/mol. The lowest BCUT2D eigenvalue weighted by molar-refractivity contribution is -0.191. The lowest BCUT2D eigenvalue weighted by Crippen LogP contribution is -2.76. The van der Waals surface area contributed by atoms with E-state index in [2.05, 4.69) is 5.32 Å². The summed E-state index contributed by atoms with van der Waals surface area (Å²) in [5.41, 5.74) is 2.40. The maximum Gasteiger partial charge on any atom is 0.407 e. The number of likely N-dealkylation sites (tertiary alicyclic amines) is 1. The normalized spacial score (nSPS) is 18.3. The van der Waals surface area contributed by atoms with Crippen LogP contribution < -0.4 is 5.32 Å². The van der Waals surface area contributed by atoms with E-state index < -0.39 is 29.6 Å². The molecule has 1 aliphatic heterocycles. The molecule has 0 aromatic heterocycles. The summed E-state index contributed by atoms with van der Waals surface area (Å²) in [6.07, 6.45) is 0.149. The van der Waals surface area contributed by atoms with Crippen molar-refractivity contribution in [3.05, 3.63) is 144 Å². The number of alkyl carbamates (subject to hydrolysis) is 1. The minimum absolute atomic E-state index is 0.0997. The Balaban J connectivity index is 1.39. The second kappa shape index (κ2) is 13.8. The van der Waals surface area contributed by atoms with Crippen LogP contribution in [0.3, 0.4) is 0 Å². The van der Waals surface area contributed by atoms with Crippen LogP contribution in [0.15, 0.2) is 121 Å². The number of ether oxygens (including phenoxy) is 2. The first-order valence-electron chi connectivity index (χ1n) is 14.5. The highest BCUT2D eigenvalue weighted by Gasteiger charge is 2.63. The molecule has 7 nitrogen and oxygen atoms in total. The fourth-order valence-electron chi connectivity index (χ4n) is 5.63. The monoisotopic (exact) mass is 576 g/mol. The lowest BCUT2D eigenvalue weighted by Gasteiger charge is -2.55. The zero-order chi connectivity index (χ0) is 30.1. The molecule has 4 aromatic rings. The molecule has 220 valence electrons. The van der Waals surface area contributed by atoms with Crippen molar-refractivity contribution in [2.45, 2.75) is 44.6 Å². The molecule has 0 saturated carbocycles. The molecule has 43 heavy (non-hydrogen) atoms. The molecule has 0 aliphatic carbocycles. The Morgan fingerprint density at radius 1 is 0.721 bits per heavy atom. The molecule has 2 amide bonds. The number of esters is 1. The highest BCUT2D eigenvalue weighted by Crippen LogP contribution is 2.42. The summed E-state index contributed by atoms with van der Waals surface area (Å²) in [5.74, 6) is -1.22. The lowest BCUT2D eigenvalue weighted by atomic mass is 9.69. The van der Waals surface area contributed by atoms with Crippen LogP contribution in [-0.4, -0.2) is 41.0 Å². The summed E-state index contributed by atoms with van der Waals surface area (Å²) < 4.78 is 11.4. The summed E-state index contributed by atoms with van der Waals surface area (Å²) >= 11 is 0. The predicted octanol–water partition coefficient (Wildman–Crippen LogP) is 5.73. The van der Waals surface area contributed by atoms with Crippen molar-refractivity contribution in [3.8, 4) is 0 Å². The summed E-state index contributed by atoms with van der Waals surface area (Å²) in [4.78, 5) is 42.0. The molecule has 1 aliphatic rings. The van der Waals surface area contributed by atoms with Crippen molar-refractivity contribution < 1.29 is 23.9 Å². The van der Waals surface area contributed by atoms with Crippen LogP contribution in [0.25, 0.3) is 0 Å². The van der Waals surface area contributed by atoms with E-state index in [1.165, 1.54) is 0 Å². The first kappa shape index (κ1) is 29.6. The number of benzene rings is 4. The van der Waals surface area contributed by atoms with Gasteiger partial charge in [-0.1, -0.05) is 128 Å². The number of carbonyl (C=O) groups excluding carboxylic acids is 3. The third-order valence-corrected chi connectivity index (χ3v) is 7.98. The zero-order valence-electron chi connectivity index (χ0n) is 24.2. The minimum atomic E-state index is -1.22. The van der Waals surface area contributed by atoms with Gasteiger partial charge in [0.1, 0.15) is 13.2 Å². The molecule has 0 bridgehead atoms. The second-order valence-corrected chi connectivity index (χ2v) is 10.9. The van der Waals surface area contributed by atoms with Crippen LogP contribution in [0.2, 0.25) is 0 Å². The first-order valence-corrected chi connectivity index (χ1v) is 14.5. The minimum Gasteiger partial charge on any atom is -0.459 e. The van der Waals surface area contributed by atoms with Gasteiger partial charge in [0.2, 0.25) is 5.91 Å². The van der Waals surface area contributed by atoms with Crippen molar-refractivity contribution in [2.75, 3.05) is 6.54 Å². The zero-order valence-corrected chi connectivity index (χ0v) is 24.2. The van der Waals surface area contributed by atoms with Gasteiger partial charge in [0.15, 0.2) is 5.54 Å². The molecule has 0 radical (unpaired) electrons. The first-order chi connectivity index (χ1) is 21.0. The van der Waals surface area contributed by atoms with Crippen molar-refractivity contribution >= 4 is 18.0 Å². The van der Waals surface area contributed by atoms with Gasteiger partial charge in [-0.3, -0.25) is 4.79 Å². The molecule has 4 aromatic carbocycles.